The van der Waals surface area contributed by atoms with Crippen molar-refractivity contribution in [2.75, 3.05) is 46.5 Å². The molecular formula is C22H26N2O6. The molecule has 0 bridgehead atoms. The molecule has 0 aromatic heterocycles. The van der Waals surface area contributed by atoms with Crippen LogP contribution in [0.1, 0.15) is 6.42 Å². The molecule has 1 saturated heterocycles. The maximum atomic E-state index is 12.4. The number of methoxy groups -OCH3 is 1. The van der Waals surface area contributed by atoms with Crippen molar-refractivity contribution in [2.24, 2.45) is 0 Å². The highest BCUT2D eigenvalue weighted by atomic mass is 16.5. The van der Waals surface area contributed by atoms with Gasteiger partial charge in [0, 0.05) is 38.3 Å². The number of carbonyl (C=O) groups excluding carboxylic acids is 2. The highest BCUT2D eigenvalue weighted by molar-refractivity contribution is 5.79. The van der Waals surface area contributed by atoms with E-state index in [0.717, 1.165) is 0 Å². The van der Waals surface area contributed by atoms with Gasteiger partial charge in [-0.05, 0) is 24.3 Å². The second kappa shape index (κ2) is 10.4. The van der Waals surface area contributed by atoms with E-state index in [-0.39, 0.29) is 37.2 Å². The SMILES string of the molecule is COc1cccc(OCC(=O)N2CCN(C(=O)CCOc3cccc(O)c3)CC2)c1. The molecule has 0 radical (unpaired) electrons. The molecule has 1 aliphatic heterocycles. The molecule has 1 heterocycles. The number of benzene rings is 2. The molecule has 160 valence electrons. The first-order valence-corrected chi connectivity index (χ1v) is 9.79. The van der Waals surface area contributed by atoms with E-state index in [9.17, 15) is 14.7 Å². The second-order valence-corrected chi connectivity index (χ2v) is 6.83. The van der Waals surface area contributed by atoms with Gasteiger partial charge in [-0.1, -0.05) is 12.1 Å². The predicted molar refractivity (Wildman–Crippen MR) is 110 cm³/mol. The average molecular weight is 414 g/mol. The van der Waals surface area contributed by atoms with Crippen LogP contribution < -0.4 is 14.2 Å². The van der Waals surface area contributed by atoms with Gasteiger partial charge in [0.1, 0.15) is 23.0 Å². The minimum absolute atomic E-state index is 0.0186. The van der Waals surface area contributed by atoms with Crippen LogP contribution in [0.4, 0.5) is 0 Å². The summed E-state index contributed by atoms with van der Waals surface area (Å²) in [5.74, 6) is 1.75. The largest absolute Gasteiger partial charge is 0.508 e. The van der Waals surface area contributed by atoms with E-state index in [4.69, 9.17) is 14.2 Å². The zero-order valence-corrected chi connectivity index (χ0v) is 17.0. The Labute approximate surface area is 175 Å². The van der Waals surface area contributed by atoms with E-state index < -0.39 is 0 Å². The van der Waals surface area contributed by atoms with Crippen molar-refractivity contribution in [1.82, 2.24) is 9.80 Å². The molecule has 8 heteroatoms. The molecule has 0 saturated carbocycles. The molecule has 0 aliphatic carbocycles. The van der Waals surface area contributed by atoms with Crippen molar-refractivity contribution in [1.29, 1.82) is 0 Å². The topological polar surface area (TPSA) is 88.5 Å². The summed E-state index contributed by atoms with van der Waals surface area (Å²) in [7, 11) is 1.57. The Kier molecular flexibility index (Phi) is 7.37. The van der Waals surface area contributed by atoms with Gasteiger partial charge in [-0.15, -0.1) is 0 Å². The van der Waals surface area contributed by atoms with Gasteiger partial charge in [0.05, 0.1) is 20.1 Å². The van der Waals surface area contributed by atoms with Gasteiger partial charge in [0.25, 0.3) is 5.91 Å². The summed E-state index contributed by atoms with van der Waals surface area (Å²) in [5, 5.41) is 9.42. The molecule has 1 N–H and O–H groups in total. The van der Waals surface area contributed by atoms with Crippen molar-refractivity contribution in [3.63, 3.8) is 0 Å². The highest BCUT2D eigenvalue weighted by Crippen LogP contribution is 2.19. The van der Waals surface area contributed by atoms with Gasteiger partial charge in [0.15, 0.2) is 6.61 Å². The van der Waals surface area contributed by atoms with Crippen LogP contribution in [-0.2, 0) is 9.59 Å². The third-order valence-electron chi connectivity index (χ3n) is 4.79. The monoisotopic (exact) mass is 414 g/mol. The lowest BCUT2D eigenvalue weighted by atomic mass is 10.2. The quantitative estimate of drug-likeness (QED) is 0.710. The summed E-state index contributed by atoms with van der Waals surface area (Å²) in [6.07, 6.45) is 0.239. The Bertz CT molecular complexity index is 864. The molecule has 2 amide bonds. The third kappa shape index (κ3) is 6.04. The molecule has 1 fully saturated rings. The van der Waals surface area contributed by atoms with Crippen LogP contribution in [0.15, 0.2) is 48.5 Å². The lowest BCUT2D eigenvalue weighted by Crippen LogP contribution is -2.51. The van der Waals surface area contributed by atoms with Crippen LogP contribution in [0.3, 0.4) is 0 Å². The lowest BCUT2D eigenvalue weighted by molar-refractivity contribution is -0.141. The first-order valence-electron chi connectivity index (χ1n) is 9.79. The summed E-state index contributed by atoms with van der Waals surface area (Å²) in [6.45, 7) is 2.08. The van der Waals surface area contributed by atoms with Gasteiger partial charge >= 0.3 is 0 Å². The van der Waals surface area contributed by atoms with Crippen molar-refractivity contribution in [3.05, 3.63) is 48.5 Å². The number of aromatic hydroxyl groups is 1. The van der Waals surface area contributed by atoms with E-state index in [0.29, 0.717) is 43.4 Å². The molecule has 0 unspecified atom stereocenters. The van der Waals surface area contributed by atoms with Crippen molar-refractivity contribution >= 4 is 11.8 Å². The summed E-state index contributed by atoms with van der Waals surface area (Å²) in [5.41, 5.74) is 0. The Morgan fingerprint density at radius 3 is 2.13 bits per heavy atom. The van der Waals surface area contributed by atoms with E-state index in [2.05, 4.69) is 0 Å². The number of rotatable bonds is 8. The second-order valence-electron chi connectivity index (χ2n) is 6.83. The number of hydrogen-bond donors (Lipinski definition) is 1. The summed E-state index contributed by atoms with van der Waals surface area (Å²) in [4.78, 5) is 28.2. The number of ether oxygens (including phenoxy) is 3. The highest BCUT2D eigenvalue weighted by Gasteiger charge is 2.24. The average Bonchev–Trinajstić information content (AvgIpc) is 2.77. The normalized spacial score (nSPS) is 13.6. The van der Waals surface area contributed by atoms with Crippen molar-refractivity contribution < 1.29 is 28.9 Å². The maximum absolute atomic E-state index is 12.4. The fourth-order valence-corrected chi connectivity index (χ4v) is 3.12. The molecule has 2 aromatic rings. The molecule has 0 atom stereocenters. The molecule has 3 rings (SSSR count). The fourth-order valence-electron chi connectivity index (χ4n) is 3.12. The Morgan fingerprint density at radius 2 is 1.47 bits per heavy atom. The number of hydrogen-bond acceptors (Lipinski definition) is 6. The number of carbonyl (C=O) groups is 2. The van der Waals surface area contributed by atoms with Crippen molar-refractivity contribution in [2.45, 2.75) is 6.42 Å². The Hall–Kier alpha value is -3.42. The maximum Gasteiger partial charge on any atom is 0.260 e. The number of nitrogens with zero attached hydrogens (tertiary/aromatic N) is 2. The first kappa shape index (κ1) is 21.3. The molecule has 1 aliphatic rings. The lowest BCUT2D eigenvalue weighted by Gasteiger charge is -2.34. The van der Waals surface area contributed by atoms with Gasteiger partial charge in [-0.25, -0.2) is 0 Å². The van der Waals surface area contributed by atoms with E-state index in [1.165, 1.54) is 6.07 Å². The Balaban J connectivity index is 1.37. The van der Waals surface area contributed by atoms with Crippen LogP contribution in [-0.4, -0.2) is 73.2 Å². The van der Waals surface area contributed by atoms with Crippen LogP contribution in [0.2, 0.25) is 0 Å². The van der Waals surface area contributed by atoms with E-state index in [1.54, 1.807) is 59.4 Å². The predicted octanol–water partition coefficient (Wildman–Crippen LogP) is 1.92. The molecule has 30 heavy (non-hydrogen) atoms. The zero-order valence-electron chi connectivity index (χ0n) is 17.0. The summed E-state index contributed by atoms with van der Waals surface area (Å²) < 4.78 is 16.2. The standard InChI is InChI=1S/C22H26N2O6/c1-28-18-5-3-7-20(15-18)30-16-22(27)24-11-9-23(10-12-24)21(26)8-13-29-19-6-2-4-17(25)14-19/h2-7,14-15,25H,8-13,16H2,1H3. The van der Waals surface area contributed by atoms with Gasteiger partial charge in [0.2, 0.25) is 5.91 Å². The van der Waals surface area contributed by atoms with Crippen LogP contribution in [0.25, 0.3) is 0 Å². The Morgan fingerprint density at radius 1 is 0.867 bits per heavy atom. The fraction of sp³-hybridized carbons (Fsp3) is 0.364. The third-order valence-corrected chi connectivity index (χ3v) is 4.79. The molecule has 0 spiro atoms. The van der Waals surface area contributed by atoms with Crippen LogP contribution in [0.5, 0.6) is 23.0 Å². The van der Waals surface area contributed by atoms with Gasteiger partial charge in [-0.3, -0.25) is 9.59 Å². The number of phenols is 1. The van der Waals surface area contributed by atoms with Crippen LogP contribution in [0, 0.1) is 0 Å². The molecule has 8 nitrogen and oxygen atoms in total. The summed E-state index contributed by atoms with van der Waals surface area (Å²) in [6, 6.07) is 13.6. The minimum atomic E-state index is -0.114. The smallest absolute Gasteiger partial charge is 0.260 e. The van der Waals surface area contributed by atoms with Crippen LogP contribution >= 0.6 is 0 Å². The van der Waals surface area contributed by atoms with Gasteiger partial charge in [-0.2, -0.15) is 0 Å². The van der Waals surface area contributed by atoms with Gasteiger partial charge < -0.3 is 29.1 Å². The number of amides is 2. The number of piperazine rings is 1. The molecule has 2 aromatic carbocycles. The minimum Gasteiger partial charge on any atom is -0.508 e. The molecular weight excluding hydrogens is 388 g/mol. The van der Waals surface area contributed by atoms with E-state index in [1.807, 2.05) is 0 Å². The van der Waals surface area contributed by atoms with Crippen molar-refractivity contribution in [3.8, 4) is 23.0 Å². The van der Waals surface area contributed by atoms with E-state index >= 15 is 0 Å². The first-order chi connectivity index (χ1) is 14.5. The summed E-state index contributed by atoms with van der Waals surface area (Å²) >= 11 is 0. The zero-order chi connectivity index (χ0) is 21.3. The number of phenolic OH excluding ortho intramolecular Hbond substituents is 1.